The van der Waals surface area contributed by atoms with Crippen LogP contribution >= 0.6 is 0 Å². The number of carboxylic acid groups (broad SMARTS) is 1. The molecule has 1 saturated heterocycles. The molecule has 0 saturated carbocycles. The topological polar surface area (TPSA) is 119 Å². The van der Waals surface area contributed by atoms with E-state index in [1.54, 1.807) is 20.8 Å². The van der Waals surface area contributed by atoms with E-state index in [9.17, 15) is 24.3 Å². The van der Waals surface area contributed by atoms with Gasteiger partial charge >= 0.3 is 17.9 Å². The van der Waals surface area contributed by atoms with E-state index in [1.807, 2.05) is 0 Å². The Morgan fingerprint density at radius 3 is 2.30 bits per heavy atom. The third kappa shape index (κ3) is 6.54. The monoisotopic (exact) mass is 328 g/mol. The molecule has 0 spiro atoms. The third-order valence-corrected chi connectivity index (χ3v) is 2.99. The third-order valence-electron chi connectivity index (χ3n) is 2.99. The first-order chi connectivity index (χ1) is 10.6. The predicted molar refractivity (Wildman–Crippen MR) is 77.0 cm³/mol. The summed E-state index contributed by atoms with van der Waals surface area (Å²) in [7, 11) is 0. The van der Waals surface area contributed by atoms with E-state index in [1.165, 1.54) is 4.90 Å². The van der Waals surface area contributed by atoms with Crippen LogP contribution in [0.15, 0.2) is 0 Å². The van der Waals surface area contributed by atoms with Crippen LogP contribution in [0, 0.1) is 0 Å². The van der Waals surface area contributed by atoms with Gasteiger partial charge in [-0.15, -0.1) is 0 Å². The van der Waals surface area contributed by atoms with Crippen LogP contribution in [0.25, 0.3) is 0 Å². The molecule has 0 atom stereocenters. The average Bonchev–Trinajstić information content (AvgIpc) is 2.39. The minimum Gasteiger partial charge on any atom is -0.548 e. The zero-order valence-electron chi connectivity index (χ0n) is 13.6. The Balaban J connectivity index is 2.31. The van der Waals surface area contributed by atoms with E-state index in [0.717, 1.165) is 4.90 Å². The number of carbonyl (C=O) groups excluding carboxylic acids is 4. The number of rotatable bonds is 6. The first-order valence-electron chi connectivity index (χ1n) is 7.35. The van der Waals surface area contributed by atoms with Crippen LogP contribution in [0.2, 0.25) is 0 Å². The molecule has 0 aliphatic carbocycles. The van der Waals surface area contributed by atoms with Crippen LogP contribution in [-0.2, 0) is 19.1 Å². The molecule has 23 heavy (non-hydrogen) atoms. The molecule has 1 rings (SSSR count). The van der Waals surface area contributed by atoms with Crippen molar-refractivity contribution in [2.24, 2.45) is 0 Å². The van der Waals surface area contributed by atoms with E-state index in [4.69, 9.17) is 4.74 Å². The van der Waals surface area contributed by atoms with Crippen LogP contribution in [0.3, 0.4) is 0 Å². The van der Waals surface area contributed by atoms with E-state index < -0.39 is 36.0 Å². The number of hydrogen-bond donors (Lipinski definition) is 1. The number of aliphatic carboxylic acids is 1. The van der Waals surface area contributed by atoms with Gasteiger partial charge in [0.15, 0.2) is 0 Å². The molecule has 9 heteroatoms. The summed E-state index contributed by atoms with van der Waals surface area (Å²) >= 11 is 0. The SMILES string of the molecule is CC(C)(C)OC(=O)NCCCN1CCN(CC(=O)[O-])C(=O)C1=O. The molecule has 3 amide bonds. The molecule has 0 radical (unpaired) electrons. The lowest BCUT2D eigenvalue weighted by Gasteiger charge is -2.33. The van der Waals surface area contributed by atoms with Crippen molar-refractivity contribution in [3.63, 3.8) is 0 Å². The fraction of sp³-hybridized carbons (Fsp3) is 0.714. The van der Waals surface area contributed by atoms with Crippen molar-refractivity contribution >= 4 is 23.9 Å². The molecule has 0 aromatic heterocycles. The Morgan fingerprint density at radius 2 is 1.74 bits per heavy atom. The number of ether oxygens (including phenoxy) is 1. The lowest BCUT2D eigenvalue weighted by atomic mass is 10.2. The molecular formula is C14H22N3O6-. The number of carbonyl (C=O) groups is 4. The van der Waals surface area contributed by atoms with E-state index in [2.05, 4.69) is 5.32 Å². The van der Waals surface area contributed by atoms with E-state index in [0.29, 0.717) is 19.5 Å². The smallest absolute Gasteiger partial charge is 0.407 e. The summed E-state index contributed by atoms with van der Waals surface area (Å²) in [6.07, 6.45) is -0.0858. The summed E-state index contributed by atoms with van der Waals surface area (Å²) in [5.41, 5.74) is -0.582. The van der Waals surface area contributed by atoms with Crippen LogP contribution < -0.4 is 10.4 Å². The van der Waals surface area contributed by atoms with Gasteiger partial charge in [-0.2, -0.15) is 0 Å². The van der Waals surface area contributed by atoms with Gasteiger partial charge in [0.05, 0.1) is 12.5 Å². The Kier molecular flexibility index (Phi) is 6.35. The van der Waals surface area contributed by atoms with Gasteiger partial charge in [0.25, 0.3) is 0 Å². The second-order valence-electron chi connectivity index (χ2n) is 6.17. The Morgan fingerprint density at radius 1 is 1.17 bits per heavy atom. The maximum atomic E-state index is 11.8. The van der Waals surface area contributed by atoms with E-state index >= 15 is 0 Å². The average molecular weight is 328 g/mol. The number of amides is 3. The summed E-state index contributed by atoms with van der Waals surface area (Å²) in [5.74, 6) is -2.99. The molecule has 0 aromatic carbocycles. The largest absolute Gasteiger partial charge is 0.548 e. The van der Waals surface area contributed by atoms with Crippen molar-refractivity contribution in [1.82, 2.24) is 15.1 Å². The fourth-order valence-electron chi connectivity index (χ4n) is 2.01. The van der Waals surface area contributed by atoms with Crippen molar-refractivity contribution in [3.05, 3.63) is 0 Å². The lowest BCUT2D eigenvalue weighted by molar-refractivity contribution is -0.306. The Hall–Kier alpha value is -2.32. The normalized spacial score (nSPS) is 15.6. The van der Waals surface area contributed by atoms with Gasteiger partial charge in [-0.1, -0.05) is 0 Å². The second-order valence-corrected chi connectivity index (χ2v) is 6.17. The fourth-order valence-corrected chi connectivity index (χ4v) is 2.01. The van der Waals surface area contributed by atoms with Crippen molar-refractivity contribution in [1.29, 1.82) is 0 Å². The molecule has 1 aliphatic heterocycles. The molecule has 1 aliphatic rings. The highest BCUT2D eigenvalue weighted by Gasteiger charge is 2.31. The van der Waals surface area contributed by atoms with Gasteiger partial charge in [-0.3, -0.25) is 9.59 Å². The van der Waals surface area contributed by atoms with Crippen LogP contribution in [0.4, 0.5) is 4.79 Å². The highest BCUT2D eigenvalue weighted by atomic mass is 16.6. The number of hydrogen-bond acceptors (Lipinski definition) is 6. The molecule has 9 nitrogen and oxygen atoms in total. The standard InChI is InChI=1S/C14H23N3O6/c1-14(2,3)23-13(22)15-5-4-6-16-7-8-17(9-10(18)19)12(21)11(16)20/h4-9H2,1-3H3,(H,15,22)(H,18,19)/p-1. The lowest BCUT2D eigenvalue weighted by Crippen LogP contribution is -2.56. The van der Waals surface area contributed by atoms with Crippen LogP contribution in [-0.4, -0.2) is 72.0 Å². The Labute approximate surface area is 134 Å². The quantitative estimate of drug-likeness (QED) is 0.459. The summed E-state index contributed by atoms with van der Waals surface area (Å²) in [5, 5.41) is 13.1. The summed E-state index contributed by atoms with van der Waals surface area (Å²) in [4.78, 5) is 47.8. The van der Waals surface area contributed by atoms with Crippen molar-refractivity contribution in [2.75, 3.05) is 32.7 Å². The first kappa shape index (κ1) is 18.7. The molecule has 0 unspecified atom stereocenters. The van der Waals surface area contributed by atoms with Gasteiger partial charge in [0, 0.05) is 26.2 Å². The Bertz CT molecular complexity index is 485. The summed E-state index contributed by atoms with van der Waals surface area (Å²) in [6, 6.07) is 0. The number of alkyl carbamates (subject to hydrolysis) is 1. The second kappa shape index (κ2) is 7.80. The highest BCUT2D eigenvalue weighted by Crippen LogP contribution is 2.07. The molecule has 1 heterocycles. The van der Waals surface area contributed by atoms with Gasteiger partial charge < -0.3 is 29.8 Å². The molecule has 0 aromatic rings. The molecule has 1 N–H and O–H groups in total. The number of piperazine rings is 1. The van der Waals surface area contributed by atoms with Crippen LogP contribution in [0.1, 0.15) is 27.2 Å². The van der Waals surface area contributed by atoms with Crippen molar-refractivity contribution in [2.45, 2.75) is 32.8 Å². The van der Waals surface area contributed by atoms with Gasteiger partial charge in [-0.05, 0) is 27.2 Å². The summed E-state index contributed by atoms with van der Waals surface area (Å²) in [6.45, 7) is 5.67. The predicted octanol–water partition coefficient (Wildman–Crippen LogP) is -1.68. The molecular weight excluding hydrogens is 306 g/mol. The minimum atomic E-state index is -1.40. The highest BCUT2D eigenvalue weighted by molar-refractivity contribution is 6.35. The zero-order valence-corrected chi connectivity index (χ0v) is 13.6. The first-order valence-corrected chi connectivity index (χ1v) is 7.35. The molecule has 1 fully saturated rings. The maximum Gasteiger partial charge on any atom is 0.407 e. The minimum absolute atomic E-state index is 0.151. The van der Waals surface area contributed by atoms with E-state index in [-0.39, 0.29) is 13.1 Å². The van der Waals surface area contributed by atoms with Gasteiger partial charge in [0.2, 0.25) is 0 Å². The van der Waals surface area contributed by atoms with Crippen molar-refractivity contribution < 1.29 is 29.0 Å². The van der Waals surface area contributed by atoms with Crippen molar-refractivity contribution in [3.8, 4) is 0 Å². The van der Waals surface area contributed by atoms with Gasteiger partial charge in [-0.25, -0.2) is 4.79 Å². The number of carboxylic acids is 1. The molecule has 0 bridgehead atoms. The van der Waals surface area contributed by atoms with Gasteiger partial charge in [0.1, 0.15) is 5.60 Å². The number of nitrogens with one attached hydrogen (secondary N) is 1. The maximum absolute atomic E-state index is 11.8. The van der Waals surface area contributed by atoms with Crippen LogP contribution in [0.5, 0.6) is 0 Å². The summed E-state index contributed by atoms with van der Waals surface area (Å²) < 4.78 is 5.07. The molecule has 130 valence electrons. The number of nitrogens with zero attached hydrogens (tertiary/aromatic N) is 2. The zero-order chi connectivity index (χ0) is 17.6.